The molecule has 2 aromatic carbocycles. The second-order valence-electron chi connectivity index (χ2n) is 7.04. The fraction of sp³-hybridized carbons (Fsp3) is 0.304. The predicted octanol–water partition coefficient (Wildman–Crippen LogP) is 4.22. The quantitative estimate of drug-likeness (QED) is 0.282. The molecule has 1 saturated heterocycles. The lowest BCUT2D eigenvalue weighted by atomic mass is 9.94. The van der Waals surface area contributed by atoms with Crippen LogP contribution in [0.1, 0.15) is 29.2 Å². The number of methoxy groups -OCH3 is 2. The fourth-order valence-corrected chi connectivity index (χ4v) is 3.90. The molecular weight excluding hydrogens is 450 g/mol. The minimum absolute atomic E-state index is 0.0589. The molecule has 0 spiro atoms. The SMILES string of the molecule is COCCCN1C(=O)C(=O)/C(=C(/O)c2ccc(Br)c(C)c2)C1c1ccccc1OC. The Labute approximate surface area is 184 Å². The molecule has 1 N–H and O–H groups in total. The summed E-state index contributed by atoms with van der Waals surface area (Å²) in [5, 5.41) is 11.1. The van der Waals surface area contributed by atoms with Crippen LogP contribution in [-0.2, 0) is 14.3 Å². The normalized spacial score (nSPS) is 18.1. The van der Waals surface area contributed by atoms with Gasteiger partial charge >= 0.3 is 0 Å². The van der Waals surface area contributed by atoms with Crippen LogP contribution in [0.3, 0.4) is 0 Å². The van der Waals surface area contributed by atoms with Crippen molar-refractivity contribution in [3.05, 3.63) is 69.2 Å². The molecule has 3 rings (SSSR count). The van der Waals surface area contributed by atoms with Crippen LogP contribution in [0.5, 0.6) is 5.75 Å². The van der Waals surface area contributed by atoms with E-state index in [4.69, 9.17) is 9.47 Å². The number of Topliss-reactive ketones (excluding diaryl/α,β-unsaturated/α-hetero) is 1. The molecule has 1 aliphatic rings. The number of aliphatic hydroxyl groups excluding tert-OH is 1. The molecule has 7 heteroatoms. The van der Waals surface area contributed by atoms with Gasteiger partial charge in [-0.1, -0.05) is 40.2 Å². The van der Waals surface area contributed by atoms with Crippen LogP contribution in [0.2, 0.25) is 0 Å². The Morgan fingerprint density at radius 2 is 1.90 bits per heavy atom. The number of hydrogen-bond acceptors (Lipinski definition) is 5. The van der Waals surface area contributed by atoms with Crippen molar-refractivity contribution >= 4 is 33.4 Å². The molecule has 0 aromatic heterocycles. The summed E-state index contributed by atoms with van der Waals surface area (Å²) in [6.07, 6.45) is 0.562. The van der Waals surface area contributed by atoms with Gasteiger partial charge in [-0.05, 0) is 37.1 Å². The standard InChI is InChI=1S/C23H24BrNO5/c1-14-13-15(9-10-17(14)24)21(26)19-20(16-7-4-5-8-18(16)30-3)25(11-6-12-29-2)23(28)22(19)27/h4-5,7-10,13,20,26H,6,11-12H2,1-3H3/b21-19+. The molecule has 0 aliphatic carbocycles. The molecule has 1 heterocycles. The zero-order valence-corrected chi connectivity index (χ0v) is 18.7. The highest BCUT2D eigenvalue weighted by molar-refractivity contribution is 9.10. The molecule has 2 aromatic rings. The summed E-state index contributed by atoms with van der Waals surface area (Å²) in [4.78, 5) is 27.4. The zero-order chi connectivity index (χ0) is 21.8. The van der Waals surface area contributed by atoms with E-state index in [1.165, 1.54) is 12.0 Å². The second-order valence-corrected chi connectivity index (χ2v) is 7.90. The number of carbonyl (C=O) groups excluding carboxylic acids is 2. The monoisotopic (exact) mass is 473 g/mol. The molecule has 6 nitrogen and oxygen atoms in total. The summed E-state index contributed by atoms with van der Waals surface area (Å²) in [6.45, 7) is 2.66. The van der Waals surface area contributed by atoms with Crippen LogP contribution in [0.4, 0.5) is 0 Å². The highest BCUT2D eigenvalue weighted by Crippen LogP contribution is 2.42. The molecule has 1 unspecified atom stereocenters. The van der Waals surface area contributed by atoms with E-state index in [1.54, 1.807) is 37.4 Å². The van der Waals surface area contributed by atoms with Crippen LogP contribution in [-0.4, -0.2) is 49.1 Å². The maximum absolute atomic E-state index is 13.0. The zero-order valence-electron chi connectivity index (χ0n) is 17.1. The van der Waals surface area contributed by atoms with E-state index in [0.29, 0.717) is 36.4 Å². The van der Waals surface area contributed by atoms with Gasteiger partial charge in [-0.25, -0.2) is 0 Å². The third-order valence-electron chi connectivity index (χ3n) is 5.15. The number of halogens is 1. The summed E-state index contributed by atoms with van der Waals surface area (Å²) in [5.74, 6) is -1.01. The summed E-state index contributed by atoms with van der Waals surface area (Å²) in [7, 11) is 3.12. The third kappa shape index (κ3) is 4.13. The van der Waals surface area contributed by atoms with E-state index < -0.39 is 17.7 Å². The van der Waals surface area contributed by atoms with Crippen molar-refractivity contribution in [2.45, 2.75) is 19.4 Å². The van der Waals surface area contributed by atoms with Crippen molar-refractivity contribution in [3.63, 3.8) is 0 Å². The number of hydrogen-bond donors (Lipinski definition) is 1. The Balaban J connectivity index is 2.18. The highest BCUT2D eigenvalue weighted by Gasteiger charge is 2.46. The van der Waals surface area contributed by atoms with Crippen LogP contribution >= 0.6 is 15.9 Å². The van der Waals surface area contributed by atoms with Gasteiger partial charge in [-0.15, -0.1) is 0 Å². The molecule has 0 radical (unpaired) electrons. The lowest BCUT2D eigenvalue weighted by molar-refractivity contribution is -0.140. The van der Waals surface area contributed by atoms with E-state index in [2.05, 4.69) is 15.9 Å². The number of carbonyl (C=O) groups is 2. The third-order valence-corrected chi connectivity index (χ3v) is 6.04. The number of ether oxygens (including phenoxy) is 2. The van der Waals surface area contributed by atoms with Gasteiger partial charge in [0, 0.05) is 35.9 Å². The van der Waals surface area contributed by atoms with Gasteiger partial charge in [0.1, 0.15) is 11.5 Å². The van der Waals surface area contributed by atoms with Gasteiger partial charge < -0.3 is 19.5 Å². The Bertz CT molecular complexity index is 1000. The van der Waals surface area contributed by atoms with Gasteiger partial charge in [0.25, 0.3) is 11.7 Å². The Hall–Kier alpha value is -2.64. The summed E-state index contributed by atoms with van der Waals surface area (Å²) in [6, 6.07) is 11.8. The van der Waals surface area contributed by atoms with Crippen molar-refractivity contribution in [2.24, 2.45) is 0 Å². The van der Waals surface area contributed by atoms with Gasteiger partial charge in [-0.3, -0.25) is 9.59 Å². The van der Waals surface area contributed by atoms with Crippen molar-refractivity contribution in [2.75, 3.05) is 27.4 Å². The molecule has 1 aliphatic heterocycles. The average Bonchev–Trinajstić information content (AvgIpc) is 3.00. The van der Waals surface area contributed by atoms with Crippen molar-refractivity contribution in [1.82, 2.24) is 4.90 Å². The first-order valence-corrected chi connectivity index (χ1v) is 10.4. The van der Waals surface area contributed by atoms with Crippen molar-refractivity contribution in [3.8, 4) is 5.75 Å². The first-order chi connectivity index (χ1) is 14.4. The number of rotatable bonds is 7. The number of benzene rings is 2. The number of ketones is 1. The molecule has 158 valence electrons. The fourth-order valence-electron chi connectivity index (χ4n) is 3.65. The van der Waals surface area contributed by atoms with Crippen LogP contribution in [0, 0.1) is 6.92 Å². The smallest absolute Gasteiger partial charge is 0.295 e. The van der Waals surface area contributed by atoms with E-state index in [-0.39, 0.29) is 11.3 Å². The minimum Gasteiger partial charge on any atom is -0.507 e. The second kappa shape index (κ2) is 9.45. The van der Waals surface area contributed by atoms with Crippen LogP contribution < -0.4 is 4.74 Å². The lowest BCUT2D eigenvalue weighted by Gasteiger charge is -2.26. The Morgan fingerprint density at radius 1 is 1.17 bits per heavy atom. The minimum atomic E-state index is -0.748. The number of para-hydroxylation sites is 1. The van der Waals surface area contributed by atoms with E-state index in [1.807, 2.05) is 19.1 Å². The predicted molar refractivity (Wildman–Crippen MR) is 117 cm³/mol. The van der Waals surface area contributed by atoms with Crippen LogP contribution in [0.25, 0.3) is 5.76 Å². The van der Waals surface area contributed by atoms with E-state index >= 15 is 0 Å². The van der Waals surface area contributed by atoms with Crippen molar-refractivity contribution in [1.29, 1.82) is 0 Å². The first kappa shape index (κ1) is 22.1. The van der Waals surface area contributed by atoms with E-state index in [9.17, 15) is 14.7 Å². The number of likely N-dealkylation sites (tertiary alicyclic amines) is 1. The molecule has 0 bridgehead atoms. The number of aryl methyl sites for hydroxylation is 1. The van der Waals surface area contributed by atoms with E-state index in [0.717, 1.165) is 10.0 Å². The summed E-state index contributed by atoms with van der Waals surface area (Å²) in [5.41, 5.74) is 2.09. The molecule has 0 saturated carbocycles. The largest absolute Gasteiger partial charge is 0.507 e. The Morgan fingerprint density at radius 3 is 2.57 bits per heavy atom. The molecular formula is C23H24BrNO5. The number of amides is 1. The number of aliphatic hydroxyl groups is 1. The lowest BCUT2D eigenvalue weighted by Crippen LogP contribution is -2.31. The summed E-state index contributed by atoms with van der Waals surface area (Å²) >= 11 is 3.44. The number of nitrogens with zero attached hydrogens (tertiary/aromatic N) is 1. The molecule has 1 atom stereocenters. The molecule has 1 amide bonds. The molecule has 30 heavy (non-hydrogen) atoms. The topological polar surface area (TPSA) is 76.1 Å². The first-order valence-electron chi connectivity index (χ1n) is 9.57. The van der Waals surface area contributed by atoms with Gasteiger partial charge in [0.2, 0.25) is 0 Å². The molecule has 1 fully saturated rings. The maximum Gasteiger partial charge on any atom is 0.295 e. The maximum atomic E-state index is 13.0. The highest BCUT2D eigenvalue weighted by atomic mass is 79.9. The van der Waals surface area contributed by atoms with Crippen molar-refractivity contribution < 1.29 is 24.2 Å². The summed E-state index contributed by atoms with van der Waals surface area (Å²) < 4.78 is 11.5. The van der Waals surface area contributed by atoms with Gasteiger partial charge in [0.05, 0.1) is 18.7 Å². The average molecular weight is 474 g/mol. The van der Waals surface area contributed by atoms with Gasteiger partial charge in [0.15, 0.2) is 0 Å². The Kier molecular flexibility index (Phi) is 6.95. The van der Waals surface area contributed by atoms with Crippen LogP contribution in [0.15, 0.2) is 52.5 Å². The van der Waals surface area contributed by atoms with Gasteiger partial charge in [-0.2, -0.15) is 0 Å².